The fourth-order valence-corrected chi connectivity index (χ4v) is 6.25. The van der Waals surface area contributed by atoms with E-state index >= 15 is 0 Å². The van der Waals surface area contributed by atoms with Gasteiger partial charge in [0.15, 0.2) is 0 Å². The minimum absolute atomic E-state index is 0.158. The van der Waals surface area contributed by atoms with E-state index in [4.69, 9.17) is 4.74 Å². The number of esters is 1. The fourth-order valence-electron chi connectivity index (χ4n) is 6.25. The van der Waals surface area contributed by atoms with Crippen molar-refractivity contribution in [2.75, 3.05) is 33.3 Å². The summed E-state index contributed by atoms with van der Waals surface area (Å²) in [5.41, 5.74) is 0.484. The summed E-state index contributed by atoms with van der Waals surface area (Å²) < 4.78 is 4.74. The molecule has 3 saturated heterocycles. The van der Waals surface area contributed by atoms with Crippen molar-refractivity contribution in [2.45, 2.75) is 62.8 Å². The predicted molar refractivity (Wildman–Crippen MR) is 120 cm³/mol. The van der Waals surface area contributed by atoms with Crippen LogP contribution in [0.25, 0.3) is 0 Å². The second-order valence-corrected chi connectivity index (χ2v) is 10.2. The van der Waals surface area contributed by atoms with E-state index in [1.54, 1.807) is 24.3 Å². The van der Waals surface area contributed by atoms with Crippen LogP contribution in [0.5, 0.6) is 0 Å². The van der Waals surface area contributed by atoms with Crippen LogP contribution in [-0.4, -0.2) is 88.6 Å². The van der Waals surface area contributed by atoms with Gasteiger partial charge in [0.1, 0.15) is 5.54 Å². The van der Waals surface area contributed by atoms with Gasteiger partial charge in [0.05, 0.1) is 31.4 Å². The molecule has 3 aliphatic heterocycles. The Hall–Kier alpha value is -2.29. The number of carbonyl (C=O) groups is 3. The van der Waals surface area contributed by atoms with E-state index in [0.29, 0.717) is 37.5 Å². The summed E-state index contributed by atoms with van der Waals surface area (Å²) in [6, 6.07) is 6.36. The van der Waals surface area contributed by atoms with Crippen LogP contribution in [0.2, 0.25) is 0 Å². The van der Waals surface area contributed by atoms with E-state index in [-0.39, 0.29) is 18.4 Å². The van der Waals surface area contributed by atoms with Crippen molar-refractivity contribution in [3.8, 4) is 0 Å². The first-order chi connectivity index (χ1) is 15.9. The van der Waals surface area contributed by atoms with Crippen molar-refractivity contribution in [1.82, 2.24) is 14.7 Å². The van der Waals surface area contributed by atoms with Gasteiger partial charge in [-0.1, -0.05) is 31.4 Å². The zero-order valence-electron chi connectivity index (χ0n) is 19.2. The summed E-state index contributed by atoms with van der Waals surface area (Å²) in [5.74, 6) is -0.116. The van der Waals surface area contributed by atoms with Gasteiger partial charge in [-0.15, -0.1) is 0 Å². The number of aliphatic hydroxyl groups excluding tert-OH is 1. The number of aliphatic hydroxyl groups is 1. The number of piperazine rings is 1. The molecule has 3 heterocycles. The summed E-state index contributed by atoms with van der Waals surface area (Å²) >= 11 is 0. The predicted octanol–water partition coefficient (Wildman–Crippen LogP) is 1.41. The molecule has 1 aliphatic carbocycles. The Bertz CT molecular complexity index is 920. The molecule has 0 bridgehead atoms. The van der Waals surface area contributed by atoms with Gasteiger partial charge < -0.3 is 9.84 Å². The maximum absolute atomic E-state index is 13.7. The Morgan fingerprint density at radius 2 is 1.82 bits per heavy atom. The Balaban J connectivity index is 1.33. The summed E-state index contributed by atoms with van der Waals surface area (Å²) in [6.07, 6.45) is 6.21. The van der Waals surface area contributed by atoms with Crippen LogP contribution < -0.4 is 0 Å². The van der Waals surface area contributed by atoms with Gasteiger partial charge in [-0.25, -0.2) is 4.79 Å². The molecule has 8 nitrogen and oxygen atoms in total. The number of amides is 2. The molecule has 178 valence electrons. The maximum Gasteiger partial charge on any atom is 0.337 e. The van der Waals surface area contributed by atoms with E-state index in [1.807, 2.05) is 4.90 Å². The smallest absolute Gasteiger partial charge is 0.337 e. The number of carbonyl (C=O) groups excluding carboxylic acids is 3. The molecule has 2 unspecified atom stereocenters. The van der Waals surface area contributed by atoms with Gasteiger partial charge in [0, 0.05) is 26.2 Å². The van der Waals surface area contributed by atoms with Crippen LogP contribution in [0.15, 0.2) is 24.3 Å². The van der Waals surface area contributed by atoms with Crippen LogP contribution in [0.4, 0.5) is 0 Å². The third kappa shape index (κ3) is 3.98. The van der Waals surface area contributed by atoms with E-state index in [9.17, 15) is 19.5 Å². The molecule has 4 fully saturated rings. The molecular formula is C25H33N3O5. The molecule has 5 rings (SSSR count). The van der Waals surface area contributed by atoms with E-state index in [1.165, 1.54) is 44.1 Å². The molecule has 1 aromatic carbocycles. The third-order valence-electron chi connectivity index (χ3n) is 7.95. The Morgan fingerprint density at radius 1 is 1.12 bits per heavy atom. The molecule has 33 heavy (non-hydrogen) atoms. The lowest BCUT2D eigenvalue weighted by Gasteiger charge is -2.59. The number of fused-ring (bicyclic) bond motifs is 2. The first-order valence-corrected chi connectivity index (χ1v) is 12.1. The lowest BCUT2D eigenvalue weighted by Crippen LogP contribution is -2.81. The minimum Gasteiger partial charge on any atom is -0.465 e. The highest BCUT2D eigenvalue weighted by Gasteiger charge is 2.64. The van der Waals surface area contributed by atoms with Crippen LogP contribution in [0, 0.1) is 5.92 Å². The highest BCUT2D eigenvalue weighted by molar-refractivity contribution is 6.06. The van der Waals surface area contributed by atoms with Crippen LogP contribution >= 0.6 is 0 Å². The number of likely N-dealkylation sites (tertiary alicyclic amines) is 1. The van der Waals surface area contributed by atoms with Gasteiger partial charge >= 0.3 is 5.97 Å². The number of hydrogen-bond donors (Lipinski definition) is 1. The Kier molecular flexibility index (Phi) is 6.01. The van der Waals surface area contributed by atoms with E-state index in [0.717, 1.165) is 12.1 Å². The standard InChI is InChI=1S/C25H33N3O5/c1-33-23(31)19-9-7-18(8-10-19)13-27-22(30)21-11-20(29)14-28(21)25(24(27)32)15-26(16-25)12-17-5-3-2-4-6-17/h7-10,17,20-21,29H,2-6,11-16H2,1H3. The van der Waals surface area contributed by atoms with Crippen molar-refractivity contribution in [3.63, 3.8) is 0 Å². The average Bonchev–Trinajstić information content (AvgIpc) is 3.20. The van der Waals surface area contributed by atoms with Crippen molar-refractivity contribution < 1.29 is 24.2 Å². The molecular weight excluding hydrogens is 422 g/mol. The summed E-state index contributed by atoms with van der Waals surface area (Å²) in [4.78, 5) is 44.4. The molecule has 1 aromatic rings. The number of ether oxygens (including phenoxy) is 1. The van der Waals surface area contributed by atoms with Gasteiger partial charge in [-0.3, -0.25) is 24.3 Å². The van der Waals surface area contributed by atoms with Gasteiger partial charge in [0.2, 0.25) is 5.91 Å². The molecule has 0 radical (unpaired) electrons. The second kappa shape index (κ2) is 8.81. The van der Waals surface area contributed by atoms with Crippen LogP contribution in [0.1, 0.15) is 54.4 Å². The molecule has 1 N–H and O–H groups in total. The Morgan fingerprint density at radius 3 is 2.48 bits per heavy atom. The molecule has 4 aliphatic rings. The molecule has 2 atom stereocenters. The summed E-state index contributed by atoms with van der Waals surface area (Å²) in [7, 11) is 1.33. The normalized spacial score (nSPS) is 28.1. The van der Waals surface area contributed by atoms with Crippen molar-refractivity contribution in [3.05, 3.63) is 35.4 Å². The number of hydrogen-bond acceptors (Lipinski definition) is 7. The molecule has 2 amide bonds. The Labute approximate surface area is 194 Å². The van der Waals surface area contributed by atoms with Crippen molar-refractivity contribution in [1.29, 1.82) is 0 Å². The highest BCUT2D eigenvalue weighted by Crippen LogP contribution is 2.41. The van der Waals surface area contributed by atoms with Gasteiger partial charge in [0.25, 0.3) is 5.91 Å². The second-order valence-electron chi connectivity index (χ2n) is 10.2. The van der Waals surface area contributed by atoms with E-state index < -0.39 is 23.7 Å². The average molecular weight is 456 g/mol. The molecule has 1 saturated carbocycles. The molecule has 1 spiro atoms. The first kappa shape index (κ1) is 22.5. The van der Waals surface area contributed by atoms with Crippen LogP contribution in [0.3, 0.4) is 0 Å². The topological polar surface area (TPSA) is 90.4 Å². The number of methoxy groups -OCH3 is 1. The van der Waals surface area contributed by atoms with E-state index in [2.05, 4.69) is 4.90 Å². The third-order valence-corrected chi connectivity index (χ3v) is 7.95. The van der Waals surface area contributed by atoms with Crippen LogP contribution in [-0.2, 0) is 20.9 Å². The van der Waals surface area contributed by atoms with Crippen molar-refractivity contribution in [2.24, 2.45) is 5.92 Å². The highest BCUT2D eigenvalue weighted by atomic mass is 16.5. The monoisotopic (exact) mass is 455 g/mol. The lowest BCUT2D eigenvalue weighted by atomic mass is 9.80. The molecule has 0 aromatic heterocycles. The summed E-state index contributed by atoms with van der Waals surface area (Å²) in [6.45, 7) is 2.80. The number of nitrogens with zero attached hydrogens (tertiary/aromatic N) is 3. The number of benzene rings is 1. The first-order valence-electron chi connectivity index (χ1n) is 12.1. The minimum atomic E-state index is -0.726. The van der Waals surface area contributed by atoms with Gasteiger partial charge in [-0.05, 0) is 42.9 Å². The quantitative estimate of drug-likeness (QED) is 0.530. The molecule has 8 heteroatoms. The SMILES string of the molecule is COC(=O)c1ccc(CN2C(=O)C3CC(O)CN3C3(CN(CC4CCCCC4)C3)C2=O)cc1. The number of rotatable bonds is 5. The lowest BCUT2D eigenvalue weighted by molar-refractivity contribution is -0.181. The zero-order chi connectivity index (χ0) is 23.2. The van der Waals surface area contributed by atoms with Gasteiger partial charge in [-0.2, -0.15) is 0 Å². The maximum atomic E-state index is 13.7. The largest absolute Gasteiger partial charge is 0.465 e. The summed E-state index contributed by atoms with van der Waals surface area (Å²) in [5, 5.41) is 10.3. The number of β-amino-alcohol motifs (C(OH)–C–C–N with tert-alkyl or cyclic N) is 1. The fraction of sp³-hybridized carbons (Fsp3) is 0.640. The number of imide groups is 1. The van der Waals surface area contributed by atoms with Crippen molar-refractivity contribution >= 4 is 17.8 Å². The zero-order valence-corrected chi connectivity index (χ0v) is 19.2.